The van der Waals surface area contributed by atoms with Gasteiger partial charge in [-0.2, -0.15) is 0 Å². The number of aliphatic carboxylic acids is 1. The third-order valence-corrected chi connectivity index (χ3v) is 25.2. The van der Waals surface area contributed by atoms with E-state index in [2.05, 4.69) is 26.8 Å². The van der Waals surface area contributed by atoms with Crippen molar-refractivity contribution in [3.8, 4) is 11.5 Å². The summed E-state index contributed by atoms with van der Waals surface area (Å²) in [5.74, 6) is -3.91. The molecular formula is C70H104O32. The minimum Gasteiger partial charge on any atom is -0.493 e. The lowest BCUT2D eigenvalue weighted by Crippen LogP contribution is -2.71. The molecule has 1 aromatic rings. The summed E-state index contributed by atoms with van der Waals surface area (Å²) in [7, 11) is 2.90. The Morgan fingerprint density at radius 2 is 1.16 bits per heavy atom. The van der Waals surface area contributed by atoms with Crippen molar-refractivity contribution in [3.05, 3.63) is 41.5 Å². The number of hydrogen-bond donors (Lipinski definition) is 16. The summed E-state index contributed by atoms with van der Waals surface area (Å²) < 4.78 is 76.7. The summed E-state index contributed by atoms with van der Waals surface area (Å²) in [6, 6.07) is 4.88. The first-order valence-corrected chi connectivity index (χ1v) is 35.2. The maximum Gasteiger partial charge on any atom is 0.331 e. The lowest BCUT2D eigenvalue weighted by Gasteiger charge is -2.71. The average molecular weight is 1460 g/mol. The molecule has 16 N–H and O–H groups in total. The van der Waals surface area contributed by atoms with Crippen LogP contribution in [0.15, 0.2) is 35.9 Å². The Kier molecular flexibility index (Phi) is 23.2. The SMILES string of the molecule is COc1ccc(/C=C/C(=O)O[C@@H]2[C@H](O)[C@@H](O[C@@H]3O[C@@H](C)[C@H](O[C@@H]4OC[C@@H](O[C@@H]5O[C@H](CO)[C@H](O)[C@H](O)[C@H]5O)[C@H](O)[C@H]4O)[C@@H](O)[C@H]3O)[C@H](OC(=O)[C@]34CCC(C)(C)C[C@H]3C3=CC[C@@H]5[C@@]6(C)C[C@H](O)[C@H](O[C@@H]7O[C@H](CO)[C@@H](O)[C@H](O)[C@H]7O)[C@@](C)(C(=O)O)[C@@H]6CC[C@@]5(C)[C@]3(CO)CC4)O[C@@H]2C)cc1OC. The summed E-state index contributed by atoms with van der Waals surface area (Å²) in [6.07, 6.45) is -37.1. The molecule has 0 amide bonds. The predicted molar refractivity (Wildman–Crippen MR) is 344 cm³/mol. The molecule has 0 spiro atoms. The van der Waals surface area contributed by atoms with Gasteiger partial charge in [0.2, 0.25) is 6.29 Å². The van der Waals surface area contributed by atoms with E-state index >= 15 is 4.79 Å². The predicted octanol–water partition coefficient (Wildman–Crippen LogP) is -2.23. The van der Waals surface area contributed by atoms with Gasteiger partial charge in [0.05, 0.1) is 69.8 Å². The molecule has 576 valence electrons. The number of esters is 2. The fraction of sp³-hybridized carbons (Fsp3) is 0.814. The number of carboxylic acid groups (broad SMARTS) is 1. The van der Waals surface area contributed by atoms with Crippen LogP contribution in [0.2, 0.25) is 0 Å². The molecule has 102 heavy (non-hydrogen) atoms. The van der Waals surface area contributed by atoms with Crippen molar-refractivity contribution in [1.82, 2.24) is 0 Å². The number of allylic oxidation sites excluding steroid dienone is 1. The van der Waals surface area contributed by atoms with Gasteiger partial charge in [0.15, 0.2) is 48.9 Å². The molecule has 0 unspecified atom stereocenters. The van der Waals surface area contributed by atoms with E-state index in [1.165, 1.54) is 41.1 Å². The smallest absolute Gasteiger partial charge is 0.331 e. The monoisotopic (exact) mass is 1460 g/mol. The van der Waals surface area contributed by atoms with Crippen molar-refractivity contribution in [1.29, 1.82) is 0 Å². The third-order valence-electron chi connectivity index (χ3n) is 25.2. The van der Waals surface area contributed by atoms with E-state index in [0.717, 1.165) is 11.6 Å². The van der Waals surface area contributed by atoms with Crippen molar-refractivity contribution in [2.24, 2.45) is 50.2 Å². The molecule has 0 aromatic heterocycles. The normalized spacial score (nSPS) is 48.6. The van der Waals surface area contributed by atoms with Gasteiger partial charge < -0.3 is 143 Å². The van der Waals surface area contributed by atoms with Crippen LogP contribution in [0.4, 0.5) is 0 Å². The summed E-state index contributed by atoms with van der Waals surface area (Å²) in [5, 5.41) is 178. The molecule has 34 atom stereocenters. The molecule has 1 aromatic carbocycles. The Bertz CT molecular complexity index is 3190. The second-order valence-corrected chi connectivity index (χ2v) is 31.3. The fourth-order valence-corrected chi connectivity index (χ4v) is 19.3. The highest BCUT2D eigenvalue weighted by molar-refractivity contribution is 5.87. The largest absolute Gasteiger partial charge is 0.493 e. The maximum absolute atomic E-state index is 15.9. The second-order valence-electron chi connectivity index (χ2n) is 31.3. The van der Waals surface area contributed by atoms with Crippen LogP contribution in [0.5, 0.6) is 11.5 Å². The number of rotatable bonds is 19. The molecule has 0 radical (unpaired) electrons. The molecule has 5 saturated heterocycles. The van der Waals surface area contributed by atoms with Gasteiger partial charge in [0, 0.05) is 11.5 Å². The molecule has 32 nitrogen and oxygen atoms in total. The molecule has 0 bridgehead atoms. The second kappa shape index (κ2) is 30.1. The van der Waals surface area contributed by atoms with Gasteiger partial charge in [0.1, 0.15) is 97.7 Å². The van der Waals surface area contributed by atoms with Crippen molar-refractivity contribution in [2.75, 3.05) is 40.6 Å². The Balaban J connectivity index is 0.850. The summed E-state index contributed by atoms with van der Waals surface area (Å²) in [6.45, 7) is 10.1. The van der Waals surface area contributed by atoms with Gasteiger partial charge in [-0.25, -0.2) is 4.79 Å². The van der Waals surface area contributed by atoms with Crippen LogP contribution in [0, 0.1) is 50.2 Å². The van der Waals surface area contributed by atoms with Gasteiger partial charge in [0.25, 0.3) is 0 Å². The van der Waals surface area contributed by atoms with Crippen LogP contribution in [0.25, 0.3) is 6.08 Å². The Morgan fingerprint density at radius 1 is 0.578 bits per heavy atom. The zero-order valence-electron chi connectivity index (χ0n) is 58.6. The van der Waals surface area contributed by atoms with Crippen LogP contribution in [-0.2, 0) is 66.5 Å². The minimum absolute atomic E-state index is 0.00308. The van der Waals surface area contributed by atoms with E-state index in [1.54, 1.807) is 18.2 Å². The number of methoxy groups -OCH3 is 2. The molecule has 4 saturated carbocycles. The molecule has 11 rings (SSSR count). The van der Waals surface area contributed by atoms with Crippen LogP contribution < -0.4 is 9.47 Å². The van der Waals surface area contributed by atoms with Crippen molar-refractivity contribution >= 4 is 24.0 Å². The van der Waals surface area contributed by atoms with Gasteiger partial charge in [-0.15, -0.1) is 0 Å². The lowest BCUT2D eigenvalue weighted by molar-refractivity contribution is -0.378. The quantitative estimate of drug-likeness (QED) is 0.0302. The van der Waals surface area contributed by atoms with Crippen molar-refractivity contribution < 1.29 is 158 Å². The number of carbonyl (C=O) groups excluding carboxylic acids is 2. The summed E-state index contributed by atoms with van der Waals surface area (Å²) >= 11 is 0. The van der Waals surface area contributed by atoms with Crippen molar-refractivity contribution in [2.45, 2.75) is 266 Å². The zero-order valence-corrected chi connectivity index (χ0v) is 58.6. The number of aliphatic hydroxyl groups is 15. The van der Waals surface area contributed by atoms with Gasteiger partial charge >= 0.3 is 17.9 Å². The van der Waals surface area contributed by atoms with Crippen molar-refractivity contribution in [3.63, 3.8) is 0 Å². The number of fused-ring (bicyclic) bond motifs is 7. The molecule has 5 aliphatic carbocycles. The van der Waals surface area contributed by atoms with Crippen LogP contribution in [-0.4, -0.2) is 300 Å². The van der Waals surface area contributed by atoms with Gasteiger partial charge in [-0.1, -0.05) is 45.4 Å². The summed E-state index contributed by atoms with van der Waals surface area (Å²) in [5.41, 5.74) is -5.03. The van der Waals surface area contributed by atoms with Crippen LogP contribution in [0.1, 0.15) is 112 Å². The van der Waals surface area contributed by atoms with E-state index in [1.807, 2.05) is 6.92 Å². The highest BCUT2D eigenvalue weighted by Gasteiger charge is 2.74. The average Bonchev–Trinajstić information content (AvgIpc) is 0.669. The first-order valence-electron chi connectivity index (χ1n) is 35.2. The maximum atomic E-state index is 15.9. The Hall–Kier alpha value is -4.25. The van der Waals surface area contributed by atoms with E-state index in [0.29, 0.717) is 42.7 Å². The number of aliphatic hydroxyl groups excluding tert-OH is 15. The van der Waals surface area contributed by atoms with Crippen LogP contribution in [0.3, 0.4) is 0 Å². The third kappa shape index (κ3) is 13.6. The first kappa shape index (κ1) is 78.8. The Labute approximate surface area is 589 Å². The fourth-order valence-electron chi connectivity index (χ4n) is 19.3. The number of ether oxygens (including phenoxy) is 13. The Morgan fingerprint density at radius 3 is 1.77 bits per heavy atom. The number of hydrogen-bond acceptors (Lipinski definition) is 31. The van der Waals surface area contributed by atoms with E-state index in [4.69, 9.17) is 61.6 Å². The minimum atomic E-state index is -2.08. The number of benzene rings is 1. The molecule has 10 aliphatic rings. The van der Waals surface area contributed by atoms with E-state index < -0.39 is 236 Å². The topological polar surface area (TPSA) is 495 Å². The molecule has 9 fully saturated rings. The van der Waals surface area contributed by atoms with Gasteiger partial charge in [-0.05, 0) is 136 Å². The highest BCUT2D eigenvalue weighted by Crippen LogP contribution is 2.76. The summed E-state index contributed by atoms with van der Waals surface area (Å²) in [4.78, 5) is 43.6. The van der Waals surface area contributed by atoms with Gasteiger partial charge in [-0.3, -0.25) is 9.59 Å². The standard InChI is InChI=1S/C70H104O32/c1-29-54(99-58-49(82)45(78)39(27-92-58)97-60-50(83)46(79)43(76)37(25-71)95-60)48(81)52(85)59(93-29)100-56-53(86)55(98-42(75)15-11-31-10-13-35(90-8)36(22-31)91-9)30(2)94-62(56)102-64(89)69-19-18-65(3,4)23-33(69)32-12-14-40-66(5)24-34(74)57(101-61-51(84)47(80)44(77)38(26-72)96-61)68(7,63(87)88)41(66)16-17-67(40,6)70(32,28-73)21-20-69/h10-13,15,22,29-30,33-34,37-41,43-62,71-74,76-86H,14,16-21,23-28H2,1-9H3,(H,87,88)/b15-11+/t29-,30+,33-,34-,37+,38+,39+,40+,41+,43-,44+,45-,46-,47-,48-,49+,50+,51+,52+,53-,54-,55-,56+,57-,58-,59-,60-,61-,62-,66+,67+,68-,69-,70-/m0/s1. The number of carbonyl (C=O) groups is 3. The number of carboxylic acids is 1. The molecule has 5 heterocycles. The van der Waals surface area contributed by atoms with E-state index in [9.17, 15) is 91.3 Å². The molecule has 32 heteroatoms. The highest BCUT2D eigenvalue weighted by atomic mass is 16.8. The lowest BCUT2D eigenvalue weighted by atomic mass is 9.33. The molecular weight excluding hydrogens is 1350 g/mol. The van der Waals surface area contributed by atoms with E-state index in [-0.39, 0.29) is 50.0 Å². The van der Waals surface area contributed by atoms with Crippen LogP contribution >= 0.6 is 0 Å². The molecule has 5 aliphatic heterocycles. The zero-order chi connectivity index (χ0) is 74.4. The first-order chi connectivity index (χ1) is 48.0.